The van der Waals surface area contributed by atoms with Crippen LogP contribution in [0.15, 0.2) is 47.4 Å². The van der Waals surface area contributed by atoms with Gasteiger partial charge < -0.3 is 9.64 Å². The minimum absolute atomic E-state index is 0.0565. The van der Waals surface area contributed by atoms with E-state index >= 15 is 0 Å². The molecule has 0 bridgehead atoms. The summed E-state index contributed by atoms with van der Waals surface area (Å²) in [5, 5.41) is 0. The van der Waals surface area contributed by atoms with Crippen LogP contribution in [0.4, 0.5) is 13.2 Å². The highest BCUT2D eigenvalue weighted by Gasteiger charge is 2.34. The SMILES string of the molecule is O=C(COc1ccc(F)cc1)N1CCN(S(=O)(=O)c2c(F)cccc2F)CC1. The van der Waals surface area contributed by atoms with E-state index in [0.29, 0.717) is 5.75 Å². The first-order valence-electron chi connectivity index (χ1n) is 8.39. The molecule has 1 fully saturated rings. The maximum Gasteiger partial charge on any atom is 0.260 e. The van der Waals surface area contributed by atoms with Gasteiger partial charge in [0, 0.05) is 26.2 Å². The molecule has 1 amide bonds. The van der Waals surface area contributed by atoms with E-state index in [9.17, 15) is 26.4 Å². The van der Waals surface area contributed by atoms with Crippen molar-refractivity contribution in [3.63, 3.8) is 0 Å². The molecule has 2 aromatic rings. The Bertz CT molecular complexity index is 939. The zero-order valence-electron chi connectivity index (χ0n) is 14.6. The Morgan fingerprint density at radius 3 is 2.07 bits per heavy atom. The summed E-state index contributed by atoms with van der Waals surface area (Å²) < 4.78 is 71.8. The van der Waals surface area contributed by atoms with Crippen LogP contribution in [-0.4, -0.2) is 56.3 Å². The van der Waals surface area contributed by atoms with Gasteiger partial charge in [-0.05, 0) is 36.4 Å². The number of piperazine rings is 1. The number of amides is 1. The van der Waals surface area contributed by atoms with Crippen LogP contribution < -0.4 is 4.74 Å². The molecule has 1 heterocycles. The van der Waals surface area contributed by atoms with Gasteiger partial charge in [0.2, 0.25) is 10.0 Å². The topological polar surface area (TPSA) is 66.9 Å². The fourth-order valence-corrected chi connectivity index (χ4v) is 4.33. The highest BCUT2D eigenvalue weighted by molar-refractivity contribution is 7.89. The number of rotatable bonds is 5. The fourth-order valence-electron chi connectivity index (χ4n) is 2.80. The second-order valence-electron chi connectivity index (χ2n) is 6.08. The van der Waals surface area contributed by atoms with E-state index in [0.717, 1.165) is 22.5 Å². The van der Waals surface area contributed by atoms with Crippen molar-refractivity contribution in [2.75, 3.05) is 32.8 Å². The standard InChI is InChI=1S/C18H17F3N2O4S/c19-13-4-6-14(7-5-13)27-12-17(24)22-8-10-23(11-9-22)28(25,26)18-15(20)2-1-3-16(18)21/h1-7H,8-12H2. The van der Waals surface area contributed by atoms with Crippen molar-refractivity contribution in [3.05, 3.63) is 59.9 Å². The summed E-state index contributed by atoms with van der Waals surface area (Å²) in [6, 6.07) is 8.01. The molecule has 1 aliphatic heterocycles. The van der Waals surface area contributed by atoms with Crippen LogP contribution in [0, 0.1) is 17.5 Å². The third-order valence-electron chi connectivity index (χ3n) is 4.28. The lowest BCUT2D eigenvalue weighted by atomic mass is 10.3. The van der Waals surface area contributed by atoms with Gasteiger partial charge in [-0.25, -0.2) is 21.6 Å². The Kier molecular flexibility index (Phi) is 5.90. The first kappa shape index (κ1) is 20.2. The smallest absolute Gasteiger partial charge is 0.260 e. The number of nitrogens with zero attached hydrogens (tertiary/aromatic N) is 2. The van der Waals surface area contributed by atoms with E-state index in [4.69, 9.17) is 4.74 Å². The fraction of sp³-hybridized carbons (Fsp3) is 0.278. The Morgan fingerprint density at radius 2 is 1.50 bits per heavy atom. The lowest BCUT2D eigenvalue weighted by Crippen LogP contribution is -2.51. The Balaban J connectivity index is 1.59. The number of halogens is 3. The largest absolute Gasteiger partial charge is 0.484 e. The molecule has 0 N–H and O–H groups in total. The lowest BCUT2D eigenvalue weighted by Gasteiger charge is -2.34. The van der Waals surface area contributed by atoms with Crippen molar-refractivity contribution in [2.45, 2.75) is 4.90 Å². The Hall–Kier alpha value is -2.59. The van der Waals surface area contributed by atoms with Crippen LogP contribution >= 0.6 is 0 Å². The maximum atomic E-state index is 13.8. The summed E-state index contributed by atoms with van der Waals surface area (Å²) >= 11 is 0. The van der Waals surface area contributed by atoms with E-state index in [1.165, 1.54) is 29.2 Å². The van der Waals surface area contributed by atoms with Crippen molar-refractivity contribution in [2.24, 2.45) is 0 Å². The zero-order valence-corrected chi connectivity index (χ0v) is 15.5. The summed E-state index contributed by atoms with van der Waals surface area (Å²) in [5.41, 5.74) is 0. The average Bonchev–Trinajstić information content (AvgIpc) is 2.67. The summed E-state index contributed by atoms with van der Waals surface area (Å²) in [6.45, 7) is -0.376. The molecular formula is C18H17F3N2O4S. The number of carbonyl (C=O) groups excluding carboxylic acids is 1. The summed E-state index contributed by atoms with van der Waals surface area (Å²) in [4.78, 5) is 12.6. The molecule has 1 saturated heterocycles. The molecular weight excluding hydrogens is 397 g/mol. The molecule has 1 aliphatic rings. The molecule has 0 aromatic heterocycles. The molecule has 10 heteroatoms. The molecule has 0 atom stereocenters. The normalized spacial score (nSPS) is 15.5. The predicted octanol–water partition coefficient (Wildman–Crippen LogP) is 2.02. The molecule has 0 spiro atoms. The van der Waals surface area contributed by atoms with E-state index in [1.807, 2.05) is 0 Å². The van der Waals surface area contributed by atoms with Gasteiger partial charge >= 0.3 is 0 Å². The van der Waals surface area contributed by atoms with Gasteiger partial charge in [-0.3, -0.25) is 4.79 Å². The van der Waals surface area contributed by atoms with Gasteiger partial charge in [0.15, 0.2) is 11.5 Å². The molecule has 0 aliphatic carbocycles. The Labute approximate surface area is 160 Å². The van der Waals surface area contributed by atoms with E-state index in [2.05, 4.69) is 0 Å². The molecule has 0 unspecified atom stereocenters. The third-order valence-corrected chi connectivity index (χ3v) is 6.23. The minimum atomic E-state index is -4.35. The highest BCUT2D eigenvalue weighted by Crippen LogP contribution is 2.23. The monoisotopic (exact) mass is 414 g/mol. The molecule has 0 saturated carbocycles. The molecule has 0 radical (unpaired) electrons. The predicted molar refractivity (Wildman–Crippen MR) is 93.6 cm³/mol. The van der Waals surface area contributed by atoms with Crippen molar-refractivity contribution in [1.82, 2.24) is 9.21 Å². The quantitative estimate of drug-likeness (QED) is 0.751. The van der Waals surface area contributed by atoms with E-state index in [-0.39, 0.29) is 38.7 Å². The van der Waals surface area contributed by atoms with Crippen LogP contribution in [-0.2, 0) is 14.8 Å². The van der Waals surface area contributed by atoms with Gasteiger partial charge in [-0.2, -0.15) is 4.31 Å². The van der Waals surface area contributed by atoms with Crippen molar-refractivity contribution < 1.29 is 31.1 Å². The summed E-state index contributed by atoms with van der Waals surface area (Å²) in [7, 11) is -4.35. The molecule has 150 valence electrons. The van der Waals surface area contributed by atoms with Gasteiger partial charge in [-0.1, -0.05) is 6.07 Å². The van der Waals surface area contributed by atoms with Crippen LogP contribution in [0.1, 0.15) is 0 Å². The number of carbonyl (C=O) groups is 1. The molecule has 28 heavy (non-hydrogen) atoms. The summed E-state index contributed by atoms with van der Waals surface area (Å²) in [5.74, 6) is -2.80. The van der Waals surface area contributed by atoms with Crippen LogP contribution in [0.3, 0.4) is 0 Å². The first-order valence-corrected chi connectivity index (χ1v) is 9.83. The maximum absolute atomic E-state index is 13.8. The lowest BCUT2D eigenvalue weighted by molar-refractivity contribution is -0.134. The van der Waals surface area contributed by atoms with Crippen LogP contribution in [0.5, 0.6) is 5.75 Å². The van der Waals surface area contributed by atoms with Crippen molar-refractivity contribution in [1.29, 1.82) is 0 Å². The minimum Gasteiger partial charge on any atom is -0.484 e. The number of ether oxygens (including phenoxy) is 1. The second kappa shape index (κ2) is 8.19. The van der Waals surface area contributed by atoms with Gasteiger partial charge in [0.1, 0.15) is 23.2 Å². The number of benzene rings is 2. The third kappa shape index (κ3) is 4.28. The van der Waals surface area contributed by atoms with Gasteiger partial charge in [-0.15, -0.1) is 0 Å². The summed E-state index contributed by atoms with van der Waals surface area (Å²) in [6.07, 6.45) is 0. The van der Waals surface area contributed by atoms with Crippen molar-refractivity contribution in [3.8, 4) is 5.75 Å². The van der Waals surface area contributed by atoms with E-state index < -0.39 is 32.4 Å². The van der Waals surface area contributed by atoms with Crippen LogP contribution in [0.25, 0.3) is 0 Å². The number of hydrogen-bond donors (Lipinski definition) is 0. The molecule has 3 rings (SSSR count). The van der Waals surface area contributed by atoms with E-state index in [1.54, 1.807) is 0 Å². The van der Waals surface area contributed by atoms with Gasteiger partial charge in [0.05, 0.1) is 0 Å². The number of hydrogen-bond acceptors (Lipinski definition) is 4. The van der Waals surface area contributed by atoms with Gasteiger partial charge in [0.25, 0.3) is 5.91 Å². The van der Waals surface area contributed by atoms with Crippen LogP contribution in [0.2, 0.25) is 0 Å². The van der Waals surface area contributed by atoms with Crippen molar-refractivity contribution >= 4 is 15.9 Å². The number of sulfonamides is 1. The zero-order chi connectivity index (χ0) is 20.3. The highest BCUT2D eigenvalue weighted by atomic mass is 32.2. The first-order chi connectivity index (χ1) is 13.3. The Morgan fingerprint density at radius 1 is 0.929 bits per heavy atom. The average molecular weight is 414 g/mol. The molecule has 6 nitrogen and oxygen atoms in total. The second-order valence-corrected chi connectivity index (χ2v) is 7.95. The molecule has 2 aromatic carbocycles.